The molecular weight excluding hydrogens is 306 g/mol. The van der Waals surface area contributed by atoms with Crippen LogP contribution in [0.25, 0.3) is 0 Å². The summed E-state index contributed by atoms with van der Waals surface area (Å²) < 4.78 is 2.89. The van der Waals surface area contributed by atoms with Gasteiger partial charge in [0.15, 0.2) is 0 Å². The normalized spacial score (nSPS) is 12.6. The molecule has 0 saturated carbocycles. The molecule has 1 aromatic carbocycles. The van der Waals surface area contributed by atoms with Gasteiger partial charge in [0.1, 0.15) is 0 Å². The molecule has 0 radical (unpaired) electrons. The number of aliphatic hydroxyl groups is 1. The van der Waals surface area contributed by atoms with Crippen molar-refractivity contribution in [3.05, 3.63) is 51.8 Å². The largest absolute Gasteiger partial charge is 0.394 e. The van der Waals surface area contributed by atoms with Gasteiger partial charge in [0.25, 0.3) is 0 Å². The minimum Gasteiger partial charge on any atom is -0.394 e. The third kappa shape index (κ3) is 3.23. The highest BCUT2D eigenvalue weighted by molar-refractivity contribution is 9.10. The van der Waals surface area contributed by atoms with E-state index in [0.29, 0.717) is 13.1 Å². The highest BCUT2D eigenvalue weighted by Crippen LogP contribution is 2.25. The van der Waals surface area contributed by atoms with E-state index in [2.05, 4.69) is 33.2 Å². The summed E-state index contributed by atoms with van der Waals surface area (Å²) in [6, 6.07) is 10.2. The third-order valence-electron chi connectivity index (χ3n) is 3.11. The van der Waals surface area contributed by atoms with Crippen molar-refractivity contribution in [1.29, 1.82) is 0 Å². The molecule has 1 aromatic heterocycles. The number of nitrogens with two attached hydrogens (primary N) is 1. The topological polar surface area (TPSA) is 64.1 Å². The molecular formula is C14H18BrN3O. The first kappa shape index (κ1) is 14.2. The zero-order valence-electron chi connectivity index (χ0n) is 10.9. The summed E-state index contributed by atoms with van der Waals surface area (Å²) >= 11 is 3.43. The van der Waals surface area contributed by atoms with Crippen LogP contribution >= 0.6 is 15.9 Å². The van der Waals surface area contributed by atoms with E-state index in [0.717, 1.165) is 21.4 Å². The summed E-state index contributed by atoms with van der Waals surface area (Å²) in [7, 11) is 0. The Kier molecular flexibility index (Phi) is 4.74. The van der Waals surface area contributed by atoms with E-state index in [1.54, 1.807) is 0 Å². The highest BCUT2D eigenvalue weighted by Gasteiger charge is 2.18. The second-order valence-electron chi connectivity index (χ2n) is 4.50. The fraction of sp³-hybridized carbons (Fsp3) is 0.357. The lowest BCUT2D eigenvalue weighted by Crippen LogP contribution is -2.19. The number of aromatic nitrogens is 2. The lowest BCUT2D eigenvalue weighted by molar-refractivity contribution is 0.266. The molecule has 0 aliphatic rings. The Balaban J connectivity index is 2.38. The number of halogens is 1. The first-order valence-electron chi connectivity index (χ1n) is 6.26. The van der Waals surface area contributed by atoms with Gasteiger partial charge in [-0.3, -0.25) is 4.68 Å². The number of aryl methyl sites for hydroxylation is 1. The molecule has 2 aromatic rings. The van der Waals surface area contributed by atoms with Gasteiger partial charge in [0.2, 0.25) is 0 Å². The Morgan fingerprint density at radius 1 is 1.37 bits per heavy atom. The molecule has 1 unspecified atom stereocenters. The summed E-state index contributed by atoms with van der Waals surface area (Å²) in [5.74, 6) is 0.0980. The molecule has 0 spiro atoms. The first-order chi connectivity index (χ1) is 9.15. The van der Waals surface area contributed by atoms with Gasteiger partial charge in [-0.25, -0.2) is 0 Å². The summed E-state index contributed by atoms with van der Waals surface area (Å²) in [6.45, 7) is 3.03. The molecule has 19 heavy (non-hydrogen) atoms. The number of rotatable bonds is 5. The third-order valence-corrected chi connectivity index (χ3v) is 3.64. The monoisotopic (exact) mass is 323 g/mol. The van der Waals surface area contributed by atoms with Crippen LogP contribution in [0.1, 0.15) is 22.9 Å². The van der Waals surface area contributed by atoms with Gasteiger partial charge < -0.3 is 10.8 Å². The van der Waals surface area contributed by atoms with Crippen LogP contribution in [0.3, 0.4) is 0 Å². The van der Waals surface area contributed by atoms with Crippen molar-refractivity contribution >= 4 is 15.9 Å². The average molecular weight is 324 g/mol. The lowest BCUT2D eigenvalue weighted by atomic mass is 9.95. The minimum atomic E-state index is 0.0751. The Bertz CT molecular complexity index is 536. The minimum absolute atomic E-state index is 0.0751. The SMILES string of the molecule is Cc1cc(C(CN)c2ccc(Br)cc2)n(CCO)n1. The molecule has 5 heteroatoms. The molecule has 0 saturated heterocycles. The van der Waals surface area contributed by atoms with E-state index in [1.165, 1.54) is 0 Å². The maximum absolute atomic E-state index is 9.12. The number of hydrogen-bond donors (Lipinski definition) is 2. The Labute approximate surface area is 121 Å². The molecule has 3 N–H and O–H groups in total. The smallest absolute Gasteiger partial charge is 0.0644 e. The van der Waals surface area contributed by atoms with Crippen molar-refractivity contribution in [2.75, 3.05) is 13.2 Å². The van der Waals surface area contributed by atoms with Crippen LogP contribution in [-0.2, 0) is 6.54 Å². The second kappa shape index (κ2) is 6.32. The van der Waals surface area contributed by atoms with Crippen LogP contribution in [0.5, 0.6) is 0 Å². The van der Waals surface area contributed by atoms with Crippen LogP contribution in [0.15, 0.2) is 34.8 Å². The molecule has 0 aliphatic carbocycles. The molecule has 1 heterocycles. The van der Waals surface area contributed by atoms with Gasteiger partial charge in [-0.15, -0.1) is 0 Å². The predicted molar refractivity (Wildman–Crippen MR) is 79.1 cm³/mol. The number of benzene rings is 1. The van der Waals surface area contributed by atoms with Gasteiger partial charge in [-0.05, 0) is 30.7 Å². The Morgan fingerprint density at radius 3 is 2.63 bits per heavy atom. The van der Waals surface area contributed by atoms with Gasteiger partial charge in [0, 0.05) is 22.6 Å². The number of nitrogens with zero attached hydrogens (tertiary/aromatic N) is 2. The summed E-state index contributed by atoms with van der Waals surface area (Å²) in [5.41, 5.74) is 9.09. The maximum Gasteiger partial charge on any atom is 0.0644 e. The van der Waals surface area contributed by atoms with Crippen LogP contribution in [0, 0.1) is 6.92 Å². The Hall–Kier alpha value is -1.17. The van der Waals surface area contributed by atoms with Gasteiger partial charge >= 0.3 is 0 Å². The van der Waals surface area contributed by atoms with Crippen molar-refractivity contribution in [3.63, 3.8) is 0 Å². The van der Waals surface area contributed by atoms with E-state index in [-0.39, 0.29) is 12.5 Å². The van der Waals surface area contributed by atoms with Gasteiger partial charge in [-0.2, -0.15) is 5.10 Å². The highest BCUT2D eigenvalue weighted by atomic mass is 79.9. The van der Waals surface area contributed by atoms with Crippen molar-refractivity contribution in [2.45, 2.75) is 19.4 Å². The fourth-order valence-corrected chi connectivity index (χ4v) is 2.51. The zero-order chi connectivity index (χ0) is 13.8. The van der Waals surface area contributed by atoms with Crippen molar-refractivity contribution in [3.8, 4) is 0 Å². The molecule has 1 atom stereocenters. The van der Waals surface area contributed by atoms with E-state index in [9.17, 15) is 0 Å². The van der Waals surface area contributed by atoms with Crippen LogP contribution in [0.4, 0.5) is 0 Å². The Morgan fingerprint density at radius 2 is 2.05 bits per heavy atom. The van der Waals surface area contributed by atoms with E-state index < -0.39 is 0 Å². The summed E-state index contributed by atoms with van der Waals surface area (Å²) in [5, 5.41) is 13.5. The van der Waals surface area contributed by atoms with E-state index in [4.69, 9.17) is 10.8 Å². The molecule has 2 rings (SSSR count). The van der Waals surface area contributed by atoms with Crippen LogP contribution in [0.2, 0.25) is 0 Å². The second-order valence-corrected chi connectivity index (χ2v) is 5.41. The molecule has 0 bridgehead atoms. The number of hydrogen-bond acceptors (Lipinski definition) is 3. The van der Waals surface area contributed by atoms with Crippen molar-refractivity contribution in [1.82, 2.24) is 9.78 Å². The summed E-state index contributed by atoms with van der Waals surface area (Å²) in [4.78, 5) is 0. The average Bonchev–Trinajstić information content (AvgIpc) is 2.74. The molecule has 102 valence electrons. The molecule has 0 amide bonds. The molecule has 4 nitrogen and oxygen atoms in total. The van der Waals surface area contributed by atoms with Crippen LogP contribution in [-0.4, -0.2) is 28.0 Å². The first-order valence-corrected chi connectivity index (χ1v) is 7.05. The van der Waals surface area contributed by atoms with Gasteiger partial charge in [0.05, 0.1) is 18.8 Å². The maximum atomic E-state index is 9.12. The predicted octanol–water partition coefficient (Wildman–Crippen LogP) is 2.04. The summed E-state index contributed by atoms with van der Waals surface area (Å²) in [6.07, 6.45) is 0. The molecule has 0 aliphatic heterocycles. The van der Waals surface area contributed by atoms with Crippen LogP contribution < -0.4 is 5.73 Å². The van der Waals surface area contributed by atoms with E-state index in [1.807, 2.05) is 29.8 Å². The number of aliphatic hydroxyl groups excluding tert-OH is 1. The van der Waals surface area contributed by atoms with Gasteiger partial charge in [-0.1, -0.05) is 28.1 Å². The lowest BCUT2D eigenvalue weighted by Gasteiger charge is -2.17. The molecule has 0 fully saturated rings. The van der Waals surface area contributed by atoms with E-state index >= 15 is 0 Å². The zero-order valence-corrected chi connectivity index (χ0v) is 12.5. The van der Waals surface area contributed by atoms with Crippen molar-refractivity contribution in [2.24, 2.45) is 5.73 Å². The quantitative estimate of drug-likeness (QED) is 0.885. The standard InChI is InChI=1S/C14H18BrN3O/c1-10-8-14(18(17-10)6-7-19)13(9-16)11-2-4-12(15)5-3-11/h2-5,8,13,19H,6-7,9,16H2,1H3. The van der Waals surface area contributed by atoms with Crippen molar-refractivity contribution < 1.29 is 5.11 Å². The fourth-order valence-electron chi connectivity index (χ4n) is 2.24.